The standard InChI is InChI=1S/C12H14O6/c1-17-9-4-3-7(5-10(9)18-2)8(12(15)16)6-11(13)14/h3-5,8H,6H2,1-2H3,(H,13,14)(H,15,16). The maximum atomic E-state index is 11.1. The molecule has 0 saturated heterocycles. The van der Waals surface area contributed by atoms with Gasteiger partial charge in [-0.1, -0.05) is 6.07 Å². The summed E-state index contributed by atoms with van der Waals surface area (Å²) in [6.07, 6.45) is -0.481. The van der Waals surface area contributed by atoms with Crippen LogP contribution in [-0.2, 0) is 9.59 Å². The van der Waals surface area contributed by atoms with Gasteiger partial charge in [0.15, 0.2) is 11.5 Å². The van der Waals surface area contributed by atoms with Crippen molar-refractivity contribution in [3.63, 3.8) is 0 Å². The Bertz CT molecular complexity index is 454. The van der Waals surface area contributed by atoms with Gasteiger partial charge < -0.3 is 19.7 Å². The molecule has 0 saturated carbocycles. The van der Waals surface area contributed by atoms with Crippen LogP contribution in [0, 0.1) is 0 Å². The van der Waals surface area contributed by atoms with Gasteiger partial charge in [-0.2, -0.15) is 0 Å². The molecule has 0 spiro atoms. The Hall–Kier alpha value is -2.24. The van der Waals surface area contributed by atoms with E-state index in [1.807, 2.05) is 0 Å². The second kappa shape index (κ2) is 5.90. The van der Waals surface area contributed by atoms with E-state index in [4.69, 9.17) is 19.7 Å². The summed E-state index contributed by atoms with van der Waals surface area (Å²) in [5.74, 6) is -2.64. The van der Waals surface area contributed by atoms with Crippen LogP contribution < -0.4 is 9.47 Å². The van der Waals surface area contributed by atoms with Gasteiger partial charge in [-0.25, -0.2) is 0 Å². The summed E-state index contributed by atoms with van der Waals surface area (Å²) in [7, 11) is 2.89. The molecule has 1 unspecified atom stereocenters. The Morgan fingerprint density at radius 2 is 1.78 bits per heavy atom. The lowest BCUT2D eigenvalue weighted by atomic mass is 9.95. The second-order valence-electron chi connectivity index (χ2n) is 3.60. The van der Waals surface area contributed by atoms with Gasteiger partial charge in [-0.15, -0.1) is 0 Å². The molecule has 1 rings (SSSR count). The molecule has 6 heteroatoms. The molecule has 18 heavy (non-hydrogen) atoms. The predicted molar refractivity (Wildman–Crippen MR) is 62.2 cm³/mol. The van der Waals surface area contributed by atoms with E-state index in [0.29, 0.717) is 17.1 Å². The lowest BCUT2D eigenvalue weighted by Gasteiger charge is -2.13. The number of carboxylic acids is 2. The minimum atomic E-state index is -1.19. The first-order valence-electron chi connectivity index (χ1n) is 5.16. The number of carbonyl (C=O) groups is 2. The van der Waals surface area contributed by atoms with Crippen LogP contribution in [0.5, 0.6) is 11.5 Å². The number of ether oxygens (including phenoxy) is 2. The Balaban J connectivity index is 3.13. The van der Waals surface area contributed by atoms with E-state index in [9.17, 15) is 9.59 Å². The van der Waals surface area contributed by atoms with Gasteiger partial charge in [-0.05, 0) is 17.7 Å². The molecule has 0 bridgehead atoms. The topological polar surface area (TPSA) is 93.1 Å². The molecule has 98 valence electrons. The molecule has 1 aromatic carbocycles. The third-order valence-electron chi connectivity index (χ3n) is 2.49. The van der Waals surface area contributed by atoms with E-state index in [-0.39, 0.29) is 0 Å². The SMILES string of the molecule is COc1ccc(C(CC(=O)O)C(=O)O)cc1OC. The highest BCUT2D eigenvalue weighted by atomic mass is 16.5. The van der Waals surface area contributed by atoms with E-state index in [0.717, 1.165) is 0 Å². The summed E-state index contributed by atoms with van der Waals surface area (Å²) >= 11 is 0. The maximum absolute atomic E-state index is 11.1. The summed E-state index contributed by atoms with van der Waals surface area (Å²) in [6.45, 7) is 0. The third kappa shape index (κ3) is 3.13. The van der Waals surface area contributed by atoms with Crippen molar-refractivity contribution in [2.45, 2.75) is 12.3 Å². The highest BCUT2D eigenvalue weighted by Gasteiger charge is 2.24. The van der Waals surface area contributed by atoms with Crippen LogP contribution in [0.3, 0.4) is 0 Å². The van der Waals surface area contributed by atoms with E-state index < -0.39 is 24.3 Å². The number of hydrogen-bond donors (Lipinski definition) is 2. The fourth-order valence-corrected chi connectivity index (χ4v) is 1.59. The molecular formula is C12H14O6. The molecule has 0 radical (unpaired) electrons. The molecule has 1 aromatic rings. The van der Waals surface area contributed by atoms with Crippen LogP contribution >= 0.6 is 0 Å². The summed E-state index contributed by atoms with van der Waals surface area (Å²) in [6, 6.07) is 4.54. The van der Waals surface area contributed by atoms with Crippen LogP contribution in [0.4, 0.5) is 0 Å². The van der Waals surface area contributed by atoms with Crippen molar-refractivity contribution in [1.29, 1.82) is 0 Å². The molecule has 0 heterocycles. The number of aliphatic carboxylic acids is 2. The van der Waals surface area contributed by atoms with E-state index in [1.165, 1.54) is 26.4 Å². The van der Waals surface area contributed by atoms with Crippen LogP contribution in [0.1, 0.15) is 17.9 Å². The number of benzene rings is 1. The number of hydrogen-bond acceptors (Lipinski definition) is 4. The molecule has 0 aliphatic rings. The molecule has 2 N–H and O–H groups in total. The fourth-order valence-electron chi connectivity index (χ4n) is 1.59. The van der Waals surface area contributed by atoms with E-state index >= 15 is 0 Å². The van der Waals surface area contributed by atoms with Crippen molar-refractivity contribution in [2.75, 3.05) is 14.2 Å². The minimum absolute atomic E-state index is 0.363. The largest absolute Gasteiger partial charge is 0.493 e. The minimum Gasteiger partial charge on any atom is -0.493 e. The molecule has 0 aliphatic carbocycles. The Kier molecular flexibility index (Phi) is 4.53. The monoisotopic (exact) mass is 254 g/mol. The molecule has 6 nitrogen and oxygen atoms in total. The normalized spacial score (nSPS) is 11.7. The molecule has 0 aromatic heterocycles. The molecule has 0 amide bonds. The van der Waals surface area contributed by atoms with Crippen molar-refractivity contribution in [1.82, 2.24) is 0 Å². The van der Waals surface area contributed by atoms with Gasteiger partial charge in [0.2, 0.25) is 0 Å². The smallest absolute Gasteiger partial charge is 0.311 e. The highest BCUT2D eigenvalue weighted by molar-refractivity contribution is 5.82. The summed E-state index contributed by atoms with van der Waals surface area (Å²) in [4.78, 5) is 21.7. The van der Waals surface area contributed by atoms with Crippen molar-refractivity contribution < 1.29 is 29.3 Å². The zero-order chi connectivity index (χ0) is 13.7. The van der Waals surface area contributed by atoms with Crippen molar-refractivity contribution in [2.24, 2.45) is 0 Å². The molecule has 0 aliphatic heterocycles. The van der Waals surface area contributed by atoms with Gasteiger partial charge in [-0.3, -0.25) is 9.59 Å². The van der Waals surface area contributed by atoms with Crippen molar-refractivity contribution in [3.05, 3.63) is 23.8 Å². The zero-order valence-corrected chi connectivity index (χ0v) is 10.0. The summed E-state index contributed by atoms with van der Waals surface area (Å²) in [5.41, 5.74) is 0.363. The van der Waals surface area contributed by atoms with Gasteiger partial charge in [0.1, 0.15) is 0 Å². The fraction of sp³-hybridized carbons (Fsp3) is 0.333. The number of rotatable bonds is 6. The molecular weight excluding hydrogens is 240 g/mol. The summed E-state index contributed by atoms with van der Waals surface area (Å²) in [5, 5.41) is 17.7. The van der Waals surface area contributed by atoms with Gasteiger partial charge in [0.25, 0.3) is 0 Å². The average Bonchev–Trinajstić information content (AvgIpc) is 2.34. The van der Waals surface area contributed by atoms with E-state index in [2.05, 4.69) is 0 Å². The first-order valence-corrected chi connectivity index (χ1v) is 5.16. The lowest BCUT2D eigenvalue weighted by Crippen LogP contribution is -2.16. The number of methoxy groups -OCH3 is 2. The molecule has 1 atom stereocenters. The van der Waals surface area contributed by atoms with Crippen LogP contribution in [0.25, 0.3) is 0 Å². The Morgan fingerprint density at radius 3 is 2.22 bits per heavy atom. The lowest BCUT2D eigenvalue weighted by molar-refractivity contribution is -0.145. The van der Waals surface area contributed by atoms with Gasteiger partial charge >= 0.3 is 11.9 Å². The first kappa shape index (κ1) is 13.8. The highest BCUT2D eigenvalue weighted by Crippen LogP contribution is 2.31. The maximum Gasteiger partial charge on any atom is 0.311 e. The van der Waals surface area contributed by atoms with Gasteiger partial charge in [0, 0.05) is 0 Å². The molecule has 0 fully saturated rings. The second-order valence-corrected chi connectivity index (χ2v) is 3.60. The number of carboxylic acid groups (broad SMARTS) is 2. The van der Waals surface area contributed by atoms with Crippen LogP contribution in [0.2, 0.25) is 0 Å². The summed E-state index contributed by atoms with van der Waals surface area (Å²) < 4.78 is 10.1. The first-order chi connectivity index (χ1) is 8.49. The van der Waals surface area contributed by atoms with Crippen LogP contribution in [-0.4, -0.2) is 36.4 Å². The predicted octanol–water partition coefficient (Wildman–Crippen LogP) is 1.35. The average molecular weight is 254 g/mol. The third-order valence-corrected chi connectivity index (χ3v) is 2.49. The zero-order valence-electron chi connectivity index (χ0n) is 10.0. The Labute approximate surface area is 104 Å². The van der Waals surface area contributed by atoms with Gasteiger partial charge in [0.05, 0.1) is 26.6 Å². The van der Waals surface area contributed by atoms with Crippen molar-refractivity contribution >= 4 is 11.9 Å². The van der Waals surface area contributed by atoms with Crippen LogP contribution in [0.15, 0.2) is 18.2 Å². The van der Waals surface area contributed by atoms with Crippen molar-refractivity contribution in [3.8, 4) is 11.5 Å². The van der Waals surface area contributed by atoms with E-state index in [1.54, 1.807) is 6.07 Å². The quantitative estimate of drug-likeness (QED) is 0.795. The Morgan fingerprint density at radius 1 is 1.17 bits per heavy atom.